The molecule has 1 atom stereocenters. The van der Waals surface area contributed by atoms with Crippen molar-refractivity contribution in [1.82, 2.24) is 0 Å². The molecule has 1 aromatic heterocycles. The predicted octanol–water partition coefficient (Wildman–Crippen LogP) is 0.158. The van der Waals surface area contributed by atoms with Crippen molar-refractivity contribution >= 4 is 10.5 Å². The Hall–Kier alpha value is -0.0100. The molecule has 0 bridgehead atoms. The summed E-state index contributed by atoms with van der Waals surface area (Å²) in [6.45, 7) is 4.40. The van der Waals surface area contributed by atoms with Gasteiger partial charge in [0.2, 0.25) is 0 Å². The van der Waals surface area contributed by atoms with E-state index in [1.54, 1.807) is 0 Å². The van der Waals surface area contributed by atoms with E-state index < -0.39 is 0 Å². The van der Waals surface area contributed by atoms with E-state index in [9.17, 15) is 0 Å². The van der Waals surface area contributed by atoms with Crippen molar-refractivity contribution in [2.24, 2.45) is 0 Å². The molecule has 1 aromatic rings. The first-order valence-corrected chi connectivity index (χ1v) is 4.90. The minimum atomic E-state index is 0. The van der Waals surface area contributed by atoms with Crippen LogP contribution >= 0.6 is 10.5 Å². The molecule has 0 fully saturated rings. The van der Waals surface area contributed by atoms with Crippen LogP contribution in [0.5, 0.6) is 0 Å². The molecule has 1 heterocycles. The van der Waals surface area contributed by atoms with Crippen LogP contribution in [0.2, 0.25) is 0 Å². The van der Waals surface area contributed by atoms with Gasteiger partial charge in [-0.25, -0.2) is 0 Å². The second kappa shape index (κ2) is 4.75. The zero-order chi connectivity index (χ0) is 6.69. The smallest absolute Gasteiger partial charge is 0.140 e. The van der Waals surface area contributed by atoms with Crippen LogP contribution in [0.1, 0.15) is 18.9 Å². The lowest BCUT2D eigenvalue weighted by atomic mass is 10.4. The molecule has 0 aromatic carbocycles. The molecule has 0 N–H and O–H groups in total. The summed E-state index contributed by atoms with van der Waals surface area (Å²) in [5.74, 6) is 1.34. The molecule has 0 saturated heterocycles. The summed E-state index contributed by atoms with van der Waals surface area (Å²) in [7, 11) is 0.500. The third-order valence-electron chi connectivity index (χ3n) is 1.28. The van der Waals surface area contributed by atoms with Gasteiger partial charge < -0.3 is 12.4 Å². The average molecular weight is 177 g/mol. The second-order valence-electron chi connectivity index (χ2n) is 2.34. The minimum absolute atomic E-state index is 0. The van der Waals surface area contributed by atoms with Crippen LogP contribution in [0, 0.1) is 6.92 Å². The van der Waals surface area contributed by atoms with Gasteiger partial charge in [-0.2, -0.15) is 0 Å². The molecule has 0 saturated carbocycles. The molecule has 10 heavy (non-hydrogen) atoms. The van der Waals surface area contributed by atoms with Gasteiger partial charge in [-0.05, 0) is 29.9 Å². The summed E-state index contributed by atoms with van der Waals surface area (Å²) < 4.78 is 0. The Balaban J connectivity index is 0.000000810. The largest absolute Gasteiger partial charge is 1.00 e. The average Bonchev–Trinajstić information content (AvgIpc) is 2.17. The first kappa shape index (κ1) is 9.99. The fourth-order valence-electron chi connectivity index (χ4n) is 0.875. The number of hydrogen-bond donors (Lipinski definition) is 0. The number of rotatable bonds is 2. The highest BCUT2D eigenvalue weighted by Crippen LogP contribution is 2.21. The van der Waals surface area contributed by atoms with Gasteiger partial charge in [0.1, 0.15) is 16.5 Å². The maximum Gasteiger partial charge on any atom is 0.140 e. The highest BCUT2D eigenvalue weighted by Gasteiger charge is 2.00. The van der Waals surface area contributed by atoms with Crippen LogP contribution in [0.15, 0.2) is 16.8 Å². The Morgan fingerprint density at radius 3 is 2.60 bits per heavy atom. The van der Waals surface area contributed by atoms with Crippen molar-refractivity contribution in [3.63, 3.8) is 0 Å². The van der Waals surface area contributed by atoms with Gasteiger partial charge >= 0.3 is 0 Å². The molecule has 1 rings (SSSR count). The fraction of sp³-hybridized carbons (Fsp3) is 0.500. The first-order valence-electron chi connectivity index (χ1n) is 3.38. The fourth-order valence-corrected chi connectivity index (χ4v) is 2.62. The minimum Gasteiger partial charge on any atom is -1.00 e. The van der Waals surface area contributed by atoms with E-state index in [2.05, 4.69) is 30.7 Å². The Labute approximate surface area is 71.7 Å². The summed E-state index contributed by atoms with van der Waals surface area (Å²) in [6.07, 6.45) is 1.30. The van der Waals surface area contributed by atoms with E-state index in [0.29, 0.717) is 10.5 Å². The highest BCUT2D eigenvalue weighted by atomic mass is 35.5. The van der Waals surface area contributed by atoms with Crippen molar-refractivity contribution in [3.05, 3.63) is 22.4 Å². The third kappa shape index (κ3) is 2.72. The Morgan fingerprint density at radius 1 is 1.50 bits per heavy atom. The summed E-state index contributed by atoms with van der Waals surface area (Å²) >= 11 is 0. The number of thiophene rings is 1. The Bertz CT molecular complexity index is 181. The van der Waals surface area contributed by atoms with Gasteiger partial charge in [0.05, 0.1) is 0 Å². The van der Waals surface area contributed by atoms with Crippen LogP contribution < -0.4 is 12.4 Å². The molecule has 0 radical (unpaired) electrons. The number of hydrogen-bond acceptors (Lipinski definition) is 0. The molecule has 2 heteroatoms. The van der Waals surface area contributed by atoms with Crippen LogP contribution in [0.25, 0.3) is 0 Å². The highest BCUT2D eigenvalue weighted by molar-refractivity contribution is 7.27. The lowest BCUT2D eigenvalue weighted by molar-refractivity contribution is -0.00000202. The van der Waals surface area contributed by atoms with Gasteiger partial charge in [-0.3, -0.25) is 0 Å². The van der Waals surface area contributed by atoms with Crippen LogP contribution in [0.4, 0.5) is 0 Å². The third-order valence-corrected chi connectivity index (χ3v) is 3.32. The molecule has 0 aliphatic rings. The van der Waals surface area contributed by atoms with E-state index in [4.69, 9.17) is 0 Å². The number of halogens is 1. The van der Waals surface area contributed by atoms with Gasteiger partial charge in [0.25, 0.3) is 0 Å². The number of aryl methyl sites for hydroxylation is 2. The molecule has 1 unspecified atom stereocenters. The molecule has 0 spiro atoms. The Morgan fingerprint density at radius 2 is 2.20 bits per heavy atom. The zero-order valence-corrected chi connectivity index (χ0v) is 8.00. The normalized spacial score (nSPS) is 10.8. The molecule has 0 nitrogen and oxygen atoms in total. The van der Waals surface area contributed by atoms with Crippen molar-refractivity contribution < 1.29 is 12.4 Å². The van der Waals surface area contributed by atoms with Gasteiger partial charge in [0.15, 0.2) is 0 Å². The quantitative estimate of drug-likeness (QED) is 0.564. The lowest BCUT2D eigenvalue weighted by Gasteiger charge is -1.78. The summed E-state index contributed by atoms with van der Waals surface area (Å²) in [5.41, 5.74) is 1.44. The van der Waals surface area contributed by atoms with Crippen LogP contribution in [0.3, 0.4) is 0 Å². The maximum atomic E-state index is 2.36. The SMILES string of the molecule is CCC[s+]1ccc(C)c1.[Cl-]. The summed E-state index contributed by atoms with van der Waals surface area (Å²) in [6, 6.07) is 2.22. The second-order valence-corrected chi connectivity index (χ2v) is 4.19. The van der Waals surface area contributed by atoms with E-state index in [1.165, 1.54) is 17.7 Å². The molecule has 58 valence electrons. The molecule has 0 amide bonds. The van der Waals surface area contributed by atoms with Crippen LogP contribution in [-0.4, -0.2) is 0 Å². The van der Waals surface area contributed by atoms with Crippen molar-refractivity contribution in [3.8, 4) is 0 Å². The van der Waals surface area contributed by atoms with E-state index >= 15 is 0 Å². The molecular formula is C8H13ClS. The van der Waals surface area contributed by atoms with Gasteiger partial charge in [-0.15, -0.1) is 0 Å². The molecule has 0 aliphatic carbocycles. The van der Waals surface area contributed by atoms with Crippen molar-refractivity contribution in [1.29, 1.82) is 0 Å². The lowest BCUT2D eigenvalue weighted by Crippen LogP contribution is -3.00. The predicted molar refractivity (Wildman–Crippen MR) is 43.9 cm³/mol. The van der Waals surface area contributed by atoms with Gasteiger partial charge in [-0.1, -0.05) is 6.92 Å². The molecule has 0 aliphatic heterocycles. The van der Waals surface area contributed by atoms with Crippen molar-refractivity contribution in [2.75, 3.05) is 0 Å². The topological polar surface area (TPSA) is 0 Å². The van der Waals surface area contributed by atoms with E-state index in [-0.39, 0.29) is 12.4 Å². The monoisotopic (exact) mass is 176 g/mol. The maximum absolute atomic E-state index is 2.36. The van der Waals surface area contributed by atoms with Gasteiger partial charge in [0, 0.05) is 5.56 Å². The zero-order valence-electron chi connectivity index (χ0n) is 6.43. The Kier molecular flexibility index (Phi) is 4.75. The van der Waals surface area contributed by atoms with E-state index in [1.807, 2.05) is 0 Å². The van der Waals surface area contributed by atoms with E-state index in [0.717, 1.165) is 0 Å². The standard InChI is InChI=1S/C8H13S.ClH/c1-3-5-9-6-4-8(2)7-9;/h4,6-7H,3,5H2,1-2H3;1H/q+1;/p-1. The summed E-state index contributed by atoms with van der Waals surface area (Å²) in [4.78, 5) is 0. The van der Waals surface area contributed by atoms with Crippen molar-refractivity contribution in [2.45, 2.75) is 26.0 Å². The van der Waals surface area contributed by atoms with Crippen LogP contribution in [-0.2, 0) is 5.75 Å². The molecular weight excluding hydrogens is 164 g/mol. The first-order chi connectivity index (χ1) is 4.33. The summed E-state index contributed by atoms with van der Waals surface area (Å²) in [5, 5.41) is 4.68.